The molecule has 0 N–H and O–H groups in total. The summed E-state index contributed by atoms with van der Waals surface area (Å²) in [5.74, 6) is 2.40. The molecule has 6 aliphatic rings. The molecule has 5 aliphatic carbocycles. The van der Waals surface area contributed by atoms with Crippen molar-refractivity contribution in [3.63, 3.8) is 0 Å². The van der Waals surface area contributed by atoms with E-state index in [4.69, 9.17) is 15.9 Å². The first-order valence-electron chi connectivity index (χ1n) is 18.6. The Labute approximate surface area is 311 Å². The molecular weight excluding hydrogens is 667 g/mol. The number of rotatable bonds is 3. The molecule has 0 aromatic heterocycles. The zero-order valence-electron chi connectivity index (χ0n) is 31.1. The van der Waals surface area contributed by atoms with Crippen LogP contribution in [0, 0.1) is 45.3 Å². The lowest BCUT2D eigenvalue weighted by molar-refractivity contribution is -0.181. The van der Waals surface area contributed by atoms with E-state index in [-0.39, 0.29) is 45.8 Å². The Hall–Kier alpha value is -4.28. The maximum Gasteiger partial charge on any atom is 0.424 e. The van der Waals surface area contributed by atoms with Crippen molar-refractivity contribution in [3.05, 3.63) is 94.8 Å². The van der Waals surface area contributed by atoms with Gasteiger partial charge in [0.15, 0.2) is 12.4 Å². The van der Waals surface area contributed by atoms with Gasteiger partial charge in [-0.25, -0.2) is 9.69 Å². The Balaban J connectivity index is 1.13. The fourth-order valence-corrected chi connectivity index (χ4v) is 12.1. The maximum atomic E-state index is 14.1. The number of amides is 1. The van der Waals surface area contributed by atoms with Gasteiger partial charge < -0.3 is 9.47 Å². The average Bonchev–Trinajstić information content (AvgIpc) is 3.13. The van der Waals surface area contributed by atoms with Crippen molar-refractivity contribution < 1.29 is 23.9 Å². The van der Waals surface area contributed by atoms with Gasteiger partial charge in [-0.3, -0.25) is 9.59 Å². The van der Waals surface area contributed by atoms with E-state index in [1.165, 1.54) is 5.57 Å². The normalized spacial score (nSPS) is 34.4. The molecule has 0 saturated heterocycles. The van der Waals surface area contributed by atoms with E-state index in [2.05, 4.69) is 52.7 Å². The number of hydrogen-bond donors (Lipinski definition) is 0. The zero-order valence-corrected chi connectivity index (χ0v) is 31.9. The van der Waals surface area contributed by atoms with E-state index in [0.717, 1.165) is 77.3 Å². The van der Waals surface area contributed by atoms with Crippen LogP contribution in [0.3, 0.4) is 0 Å². The summed E-state index contributed by atoms with van der Waals surface area (Å²) in [6.07, 6.45) is 17.6. The average molecular weight is 714 g/mol. The molecule has 6 atom stereocenters. The molecule has 1 heterocycles. The number of carbonyl (C=O) groups is 3. The van der Waals surface area contributed by atoms with E-state index in [0.29, 0.717) is 11.5 Å². The van der Waals surface area contributed by atoms with Crippen molar-refractivity contribution in [2.45, 2.75) is 96.3 Å². The molecule has 0 spiro atoms. The number of benzene rings is 2. The summed E-state index contributed by atoms with van der Waals surface area (Å²) in [7, 11) is 0. The van der Waals surface area contributed by atoms with Crippen LogP contribution in [0.2, 0.25) is 0 Å². The summed E-state index contributed by atoms with van der Waals surface area (Å²) in [5.41, 5.74) is 4.49. The molecule has 0 radical (unpaired) electrons. The highest BCUT2D eigenvalue weighted by Gasteiger charge is 2.67. The molecule has 0 unspecified atom stereocenters. The smallest absolute Gasteiger partial charge is 0.424 e. The highest BCUT2D eigenvalue weighted by Crippen LogP contribution is 2.75. The number of allylic oxidation sites excluding steroid dienone is 7. The molecule has 0 bridgehead atoms. The highest BCUT2D eigenvalue weighted by molar-refractivity contribution is 7.99. The van der Waals surface area contributed by atoms with Crippen LogP contribution in [0.25, 0.3) is 0 Å². The Morgan fingerprint density at radius 3 is 2.23 bits per heavy atom. The third-order valence-electron chi connectivity index (χ3n) is 14.4. The summed E-state index contributed by atoms with van der Waals surface area (Å²) >= 11 is 1.61. The van der Waals surface area contributed by atoms with Gasteiger partial charge in [-0.2, -0.15) is 0 Å². The number of hydrogen-bond acceptors (Lipinski definition) is 6. The summed E-state index contributed by atoms with van der Waals surface area (Å²) in [4.78, 5) is 45.0. The van der Waals surface area contributed by atoms with Crippen LogP contribution in [0.15, 0.2) is 105 Å². The van der Waals surface area contributed by atoms with E-state index < -0.39 is 11.5 Å². The summed E-state index contributed by atoms with van der Waals surface area (Å²) in [6, 6.07) is 15.5. The van der Waals surface area contributed by atoms with Gasteiger partial charge in [-0.1, -0.05) is 87.4 Å². The van der Waals surface area contributed by atoms with Crippen molar-refractivity contribution in [3.8, 4) is 12.3 Å². The molecule has 2 aromatic rings. The molecule has 268 valence electrons. The second-order valence-corrected chi connectivity index (χ2v) is 18.2. The van der Waals surface area contributed by atoms with Gasteiger partial charge in [-0.15, -0.1) is 6.42 Å². The van der Waals surface area contributed by atoms with Crippen LogP contribution in [0.1, 0.15) is 86.5 Å². The summed E-state index contributed by atoms with van der Waals surface area (Å²) in [6.45, 7) is 13.6. The SMILES string of the molecule is C#CCOC(=O)[C@]1(C)CC[C@]2(C)CC[C@]3(C)C4=CC=C5C(=CC(=O)C(OC(=O)N6c7ccccc7Sc7ccccc76)=C5C)[C@]4(C)CC[C@@]3(C)[C@@H]2C1. The van der Waals surface area contributed by atoms with Gasteiger partial charge in [0, 0.05) is 20.8 Å². The molecule has 3 saturated carbocycles. The first kappa shape index (κ1) is 34.8. The van der Waals surface area contributed by atoms with E-state index in [1.807, 2.05) is 55.5 Å². The lowest BCUT2D eigenvalue weighted by atomic mass is 9.34. The Morgan fingerprint density at radius 2 is 1.56 bits per heavy atom. The lowest BCUT2D eigenvalue weighted by Gasteiger charge is -2.70. The van der Waals surface area contributed by atoms with Gasteiger partial charge in [0.2, 0.25) is 5.78 Å². The van der Waals surface area contributed by atoms with Crippen LogP contribution in [0.4, 0.5) is 16.2 Å². The van der Waals surface area contributed by atoms with Gasteiger partial charge in [0.1, 0.15) is 0 Å². The van der Waals surface area contributed by atoms with Crippen LogP contribution in [0.5, 0.6) is 0 Å². The number of terminal acetylenes is 1. The third kappa shape index (κ3) is 4.82. The predicted molar refractivity (Wildman–Crippen MR) is 204 cm³/mol. The van der Waals surface area contributed by atoms with Gasteiger partial charge in [0.05, 0.1) is 16.8 Å². The number of para-hydroxylation sites is 2. The molecule has 52 heavy (non-hydrogen) atoms. The molecule has 1 aliphatic heterocycles. The molecule has 2 aromatic carbocycles. The van der Waals surface area contributed by atoms with E-state index in [1.54, 1.807) is 22.7 Å². The number of nitrogens with zero attached hydrogens (tertiary/aromatic N) is 1. The van der Waals surface area contributed by atoms with Crippen molar-refractivity contribution in [1.29, 1.82) is 0 Å². The predicted octanol–water partition coefficient (Wildman–Crippen LogP) is 10.7. The molecule has 7 heteroatoms. The van der Waals surface area contributed by atoms with Crippen molar-refractivity contribution in [2.75, 3.05) is 11.5 Å². The van der Waals surface area contributed by atoms with Gasteiger partial charge in [0.25, 0.3) is 0 Å². The minimum absolute atomic E-state index is 0.00713. The fourth-order valence-electron chi connectivity index (χ4n) is 11.1. The molecular formula is C45H47NO5S. The molecule has 8 rings (SSSR count). The number of esters is 1. The second kappa shape index (κ2) is 11.9. The van der Waals surface area contributed by atoms with Gasteiger partial charge >= 0.3 is 12.1 Å². The van der Waals surface area contributed by atoms with Gasteiger partial charge in [-0.05, 0) is 122 Å². The Bertz CT molecular complexity index is 2070. The van der Waals surface area contributed by atoms with Crippen molar-refractivity contribution in [2.24, 2.45) is 33.0 Å². The molecule has 1 amide bonds. The number of ketones is 1. The Kier molecular flexibility index (Phi) is 7.94. The second-order valence-electron chi connectivity index (χ2n) is 17.1. The monoisotopic (exact) mass is 713 g/mol. The molecule has 6 nitrogen and oxygen atoms in total. The largest absolute Gasteiger partial charge is 0.452 e. The zero-order chi connectivity index (χ0) is 36.8. The highest BCUT2D eigenvalue weighted by atomic mass is 32.2. The minimum Gasteiger partial charge on any atom is -0.452 e. The summed E-state index contributed by atoms with van der Waals surface area (Å²) < 4.78 is 11.6. The number of anilines is 2. The van der Waals surface area contributed by atoms with Crippen LogP contribution in [-0.2, 0) is 19.1 Å². The molecule has 3 fully saturated rings. The van der Waals surface area contributed by atoms with E-state index in [9.17, 15) is 14.4 Å². The standard InChI is InChI=1S/C45H47NO5S/c1-8-25-50-39(48)42(4)20-19-41(3)21-23-44(6)36-18-17-29-28(2)38(33(47)26-30(29)43(36,5)22-24-45(44,7)37(41)27-42)51-40(49)46-31-13-9-11-15-34(31)52-35-16-12-10-14-32(35)46/h1,9-18,26,37H,19-25,27H2,2-7H3/t37-,41-,42-,43+,44-,45+/m1/s1. The lowest BCUT2D eigenvalue weighted by Crippen LogP contribution is -2.62. The maximum absolute atomic E-state index is 14.1. The van der Waals surface area contributed by atoms with Crippen LogP contribution >= 0.6 is 11.8 Å². The minimum atomic E-state index is -0.604. The topological polar surface area (TPSA) is 72.9 Å². The quantitative estimate of drug-likeness (QED) is 0.233. The van der Waals surface area contributed by atoms with Crippen molar-refractivity contribution >= 4 is 41.0 Å². The number of fused-ring (bicyclic) bond motifs is 9. The first-order valence-corrected chi connectivity index (χ1v) is 19.4. The fraction of sp³-hybridized carbons (Fsp3) is 0.444. The summed E-state index contributed by atoms with van der Waals surface area (Å²) in [5, 5.41) is 0. The first-order chi connectivity index (χ1) is 24.7. The Morgan fingerprint density at radius 1 is 0.904 bits per heavy atom. The van der Waals surface area contributed by atoms with E-state index >= 15 is 0 Å². The van der Waals surface area contributed by atoms with Crippen molar-refractivity contribution in [1.82, 2.24) is 0 Å². The van der Waals surface area contributed by atoms with Crippen LogP contribution < -0.4 is 4.90 Å². The van der Waals surface area contributed by atoms with Crippen LogP contribution in [-0.4, -0.2) is 24.5 Å². The number of carbonyl (C=O) groups excluding carboxylic acids is 3. The number of ether oxygens (including phenoxy) is 2. The third-order valence-corrected chi connectivity index (χ3v) is 15.6.